The number of hydrogen-bond donors (Lipinski definition) is 1. The van der Waals surface area contributed by atoms with Crippen molar-refractivity contribution in [3.63, 3.8) is 0 Å². The molecule has 0 amide bonds. The van der Waals surface area contributed by atoms with Gasteiger partial charge in [-0.1, -0.05) is 6.07 Å². The number of nitro benzene ring substituents is 1. The number of nitro groups is 1. The van der Waals surface area contributed by atoms with E-state index < -0.39 is 4.92 Å². The van der Waals surface area contributed by atoms with Crippen molar-refractivity contribution in [2.24, 2.45) is 0 Å². The van der Waals surface area contributed by atoms with Crippen molar-refractivity contribution >= 4 is 17.0 Å². The lowest BCUT2D eigenvalue weighted by Gasteiger charge is -2.03. The molecule has 0 spiro atoms. The van der Waals surface area contributed by atoms with E-state index in [2.05, 4.69) is 10.2 Å². The Hall–Kier alpha value is -2.96. The summed E-state index contributed by atoms with van der Waals surface area (Å²) in [5, 5.41) is 18.9. The lowest BCUT2D eigenvalue weighted by atomic mass is 10.1. The zero-order valence-corrected chi connectivity index (χ0v) is 9.72. The van der Waals surface area contributed by atoms with Gasteiger partial charge in [0.1, 0.15) is 0 Å². The van der Waals surface area contributed by atoms with Gasteiger partial charge in [0, 0.05) is 29.6 Å². The maximum absolute atomic E-state index is 10.8. The normalized spacial score (nSPS) is 10.7. The molecule has 94 valence electrons. The van der Waals surface area contributed by atoms with Crippen molar-refractivity contribution in [2.45, 2.75) is 0 Å². The fourth-order valence-electron chi connectivity index (χ4n) is 1.88. The Labute approximate surface area is 107 Å². The highest BCUT2D eigenvalue weighted by molar-refractivity contribution is 5.75. The SMILES string of the molecule is Nc1ccc([N+](=O)[O-])cc1-c1nnc2ccccn12. The molecule has 0 saturated carbocycles. The summed E-state index contributed by atoms with van der Waals surface area (Å²) in [5.41, 5.74) is 7.41. The second-order valence-electron chi connectivity index (χ2n) is 3.98. The number of rotatable bonds is 2. The molecule has 0 fully saturated rings. The Balaban J connectivity index is 2.26. The van der Waals surface area contributed by atoms with E-state index in [0.29, 0.717) is 22.7 Å². The number of pyridine rings is 1. The van der Waals surface area contributed by atoms with Gasteiger partial charge < -0.3 is 5.73 Å². The number of nitrogens with zero attached hydrogens (tertiary/aromatic N) is 4. The number of fused-ring (bicyclic) bond motifs is 1. The standard InChI is InChI=1S/C12H9N5O2/c13-10-5-4-8(17(18)19)7-9(10)12-15-14-11-3-1-2-6-16(11)12/h1-7H,13H2. The molecule has 2 aromatic heterocycles. The lowest BCUT2D eigenvalue weighted by Crippen LogP contribution is -1.96. The smallest absolute Gasteiger partial charge is 0.270 e. The maximum atomic E-state index is 10.8. The summed E-state index contributed by atoms with van der Waals surface area (Å²) in [5.74, 6) is 0.483. The van der Waals surface area contributed by atoms with Gasteiger partial charge in [-0.3, -0.25) is 14.5 Å². The van der Waals surface area contributed by atoms with E-state index in [1.54, 1.807) is 16.7 Å². The van der Waals surface area contributed by atoms with Gasteiger partial charge in [-0.05, 0) is 18.2 Å². The molecule has 0 aliphatic heterocycles. The third-order valence-electron chi connectivity index (χ3n) is 2.80. The molecule has 0 radical (unpaired) electrons. The number of hydrogen-bond acceptors (Lipinski definition) is 5. The average Bonchev–Trinajstić information content (AvgIpc) is 2.83. The molecule has 0 unspecified atom stereocenters. The number of aromatic nitrogens is 3. The Morgan fingerprint density at radius 1 is 1.21 bits per heavy atom. The molecule has 7 nitrogen and oxygen atoms in total. The minimum absolute atomic E-state index is 0.0307. The first-order chi connectivity index (χ1) is 9.16. The minimum atomic E-state index is -0.466. The summed E-state index contributed by atoms with van der Waals surface area (Å²) < 4.78 is 1.73. The van der Waals surface area contributed by atoms with Crippen LogP contribution in [0.1, 0.15) is 0 Å². The van der Waals surface area contributed by atoms with E-state index >= 15 is 0 Å². The van der Waals surface area contributed by atoms with Crippen molar-refractivity contribution in [3.05, 3.63) is 52.7 Å². The van der Waals surface area contributed by atoms with Crippen LogP contribution in [0.3, 0.4) is 0 Å². The molecule has 0 aliphatic carbocycles. The van der Waals surface area contributed by atoms with E-state index in [4.69, 9.17) is 5.73 Å². The summed E-state index contributed by atoms with van der Waals surface area (Å²) in [6.45, 7) is 0. The van der Waals surface area contributed by atoms with E-state index in [9.17, 15) is 10.1 Å². The van der Waals surface area contributed by atoms with Crippen molar-refractivity contribution in [1.82, 2.24) is 14.6 Å². The molecule has 2 N–H and O–H groups in total. The monoisotopic (exact) mass is 255 g/mol. The summed E-state index contributed by atoms with van der Waals surface area (Å²) in [7, 11) is 0. The van der Waals surface area contributed by atoms with Crippen molar-refractivity contribution in [2.75, 3.05) is 5.73 Å². The lowest BCUT2D eigenvalue weighted by molar-refractivity contribution is -0.384. The van der Waals surface area contributed by atoms with Crippen molar-refractivity contribution < 1.29 is 4.92 Å². The van der Waals surface area contributed by atoms with Crippen molar-refractivity contribution in [3.8, 4) is 11.4 Å². The molecule has 7 heteroatoms. The van der Waals surface area contributed by atoms with Crippen LogP contribution in [-0.4, -0.2) is 19.5 Å². The second-order valence-corrected chi connectivity index (χ2v) is 3.98. The number of nitrogens with two attached hydrogens (primary N) is 1. The molecule has 0 bridgehead atoms. The maximum Gasteiger partial charge on any atom is 0.270 e. The molecular formula is C12H9N5O2. The molecule has 0 saturated heterocycles. The van der Waals surface area contributed by atoms with Gasteiger partial charge in [0.15, 0.2) is 11.5 Å². The first-order valence-electron chi connectivity index (χ1n) is 5.51. The third kappa shape index (κ3) is 1.77. The van der Waals surface area contributed by atoms with Gasteiger partial charge >= 0.3 is 0 Å². The van der Waals surface area contributed by atoms with Crippen LogP contribution in [0, 0.1) is 10.1 Å². The van der Waals surface area contributed by atoms with Crippen LogP contribution in [0.2, 0.25) is 0 Å². The highest BCUT2D eigenvalue weighted by atomic mass is 16.6. The molecular weight excluding hydrogens is 246 g/mol. The highest BCUT2D eigenvalue weighted by Gasteiger charge is 2.15. The highest BCUT2D eigenvalue weighted by Crippen LogP contribution is 2.28. The average molecular weight is 255 g/mol. The predicted octanol–water partition coefficient (Wildman–Crippen LogP) is 1.89. The summed E-state index contributed by atoms with van der Waals surface area (Å²) in [4.78, 5) is 10.4. The Bertz CT molecular complexity index is 781. The summed E-state index contributed by atoms with van der Waals surface area (Å²) in [6, 6.07) is 9.72. The number of non-ortho nitro benzene ring substituents is 1. The van der Waals surface area contributed by atoms with Crippen LogP contribution in [0.15, 0.2) is 42.6 Å². The largest absolute Gasteiger partial charge is 0.398 e. The number of anilines is 1. The quantitative estimate of drug-likeness (QED) is 0.428. The summed E-state index contributed by atoms with van der Waals surface area (Å²) in [6.07, 6.45) is 1.78. The first-order valence-corrected chi connectivity index (χ1v) is 5.51. The number of nitrogen functional groups attached to an aromatic ring is 1. The van der Waals surface area contributed by atoms with Crippen molar-refractivity contribution in [1.29, 1.82) is 0 Å². The summed E-state index contributed by atoms with van der Waals surface area (Å²) >= 11 is 0. The van der Waals surface area contributed by atoms with Crippen LogP contribution in [0.5, 0.6) is 0 Å². The third-order valence-corrected chi connectivity index (χ3v) is 2.80. The Morgan fingerprint density at radius 2 is 2.05 bits per heavy atom. The Morgan fingerprint density at radius 3 is 2.84 bits per heavy atom. The first kappa shape index (κ1) is 11.1. The molecule has 3 rings (SSSR count). The van der Waals surface area contributed by atoms with Gasteiger partial charge in [0.25, 0.3) is 5.69 Å². The fourth-order valence-corrected chi connectivity index (χ4v) is 1.88. The van der Waals surface area contributed by atoms with Crippen LogP contribution in [-0.2, 0) is 0 Å². The van der Waals surface area contributed by atoms with Crippen LogP contribution in [0.4, 0.5) is 11.4 Å². The van der Waals surface area contributed by atoms with Crippen LogP contribution >= 0.6 is 0 Å². The molecule has 1 aromatic carbocycles. The zero-order chi connectivity index (χ0) is 13.4. The molecule has 3 aromatic rings. The van der Waals surface area contributed by atoms with E-state index in [0.717, 1.165) is 0 Å². The Kier molecular flexibility index (Phi) is 2.38. The van der Waals surface area contributed by atoms with Gasteiger partial charge in [-0.25, -0.2) is 0 Å². The topological polar surface area (TPSA) is 99.3 Å². The molecule has 2 heterocycles. The molecule has 19 heavy (non-hydrogen) atoms. The predicted molar refractivity (Wildman–Crippen MR) is 69.5 cm³/mol. The molecule has 0 aliphatic rings. The van der Waals surface area contributed by atoms with E-state index in [1.165, 1.54) is 18.2 Å². The minimum Gasteiger partial charge on any atom is -0.398 e. The van der Waals surface area contributed by atoms with Gasteiger partial charge in [-0.15, -0.1) is 10.2 Å². The van der Waals surface area contributed by atoms with Gasteiger partial charge in [0.2, 0.25) is 0 Å². The zero-order valence-electron chi connectivity index (χ0n) is 9.72. The van der Waals surface area contributed by atoms with E-state index in [-0.39, 0.29) is 5.69 Å². The second kappa shape index (κ2) is 4.05. The van der Waals surface area contributed by atoms with Crippen LogP contribution < -0.4 is 5.73 Å². The fraction of sp³-hybridized carbons (Fsp3) is 0. The van der Waals surface area contributed by atoms with Gasteiger partial charge in [-0.2, -0.15) is 0 Å². The number of benzene rings is 1. The molecule has 0 atom stereocenters. The van der Waals surface area contributed by atoms with E-state index in [1.807, 2.05) is 12.1 Å². The van der Waals surface area contributed by atoms with Crippen LogP contribution in [0.25, 0.3) is 17.0 Å². The van der Waals surface area contributed by atoms with Gasteiger partial charge in [0.05, 0.1) is 4.92 Å².